The molecule has 122 valence electrons. The lowest BCUT2D eigenvalue weighted by atomic mass is 10.2. The number of hydrogen-bond acceptors (Lipinski definition) is 4. The maximum Gasteiger partial charge on any atom is 0.261 e. The van der Waals surface area contributed by atoms with Crippen LogP contribution in [0.1, 0.15) is 16.1 Å². The summed E-state index contributed by atoms with van der Waals surface area (Å²) in [7, 11) is 3.72. The van der Waals surface area contributed by atoms with Crippen molar-refractivity contribution in [3.8, 4) is 0 Å². The number of nitrogens with one attached hydrogen (secondary N) is 2. The molecule has 0 atom stereocenters. The van der Waals surface area contributed by atoms with Crippen LogP contribution in [0.25, 0.3) is 0 Å². The first-order chi connectivity index (χ1) is 11.0. The number of para-hydroxylation sites is 1. The fraction of sp³-hybridized carbons (Fsp3) is 0.250. The monoisotopic (exact) mass is 351 g/mol. The van der Waals surface area contributed by atoms with Gasteiger partial charge in [-0.2, -0.15) is 0 Å². The van der Waals surface area contributed by atoms with Crippen LogP contribution in [0.3, 0.4) is 0 Å². The van der Waals surface area contributed by atoms with E-state index < -0.39 is 0 Å². The first kappa shape index (κ1) is 17.3. The highest BCUT2D eigenvalue weighted by molar-refractivity contribution is 7.12. The molecule has 0 bridgehead atoms. The summed E-state index contributed by atoms with van der Waals surface area (Å²) in [5.41, 5.74) is 1.40. The van der Waals surface area contributed by atoms with Crippen molar-refractivity contribution in [2.75, 3.05) is 30.9 Å². The molecule has 0 saturated carbocycles. The van der Waals surface area contributed by atoms with Crippen molar-refractivity contribution in [1.29, 1.82) is 0 Å². The lowest BCUT2D eigenvalue weighted by molar-refractivity contribution is -0.116. The second-order valence-corrected chi connectivity index (χ2v) is 6.42. The van der Waals surface area contributed by atoms with Crippen molar-refractivity contribution in [3.63, 3.8) is 0 Å². The van der Waals surface area contributed by atoms with Crippen molar-refractivity contribution in [1.82, 2.24) is 5.32 Å². The van der Waals surface area contributed by atoms with Gasteiger partial charge in [-0.1, -0.05) is 23.7 Å². The lowest BCUT2D eigenvalue weighted by Gasteiger charge is -2.19. The zero-order chi connectivity index (χ0) is 16.8. The Morgan fingerprint density at radius 2 is 2.00 bits per heavy atom. The third-order valence-electron chi connectivity index (χ3n) is 3.09. The van der Waals surface area contributed by atoms with Crippen LogP contribution in [0.5, 0.6) is 0 Å². The number of benzene rings is 1. The van der Waals surface area contributed by atoms with Gasteiger partial charge in [-0.05, 0) is 23.6 Å². The predicted octanol–water partition coefficient (Wildman–Crippen LogP) is 3.23. The van der Waals surface area contributed by atoms with Gasteiger partial charge in [-0.25, -0.2) is 0 Å². The Hall–Kier alpha value is -2.05. The van der Waals surface area contributed by atoms with Gasteiger partial charge in [0.2, 0.25) is 5.91 Å². The number of rotatable bonds is 6. The highest BCUT2D eigenvalue weighted by Gasteiger charge is 2.12. The molecular formula is C16H18ClN3O2S. The molecule has 1 heterocycles. The van der Waals surface area contributed by atoms with Gasteiger partial charge in [0.1, 0.15) is 0 Å². The van der Waals surface area contributed by atoms with Crippen LogP contribution in [0.15, 0.2) is 35.7 Å². The lowest BCUT2D eigenvalue weighted by Crippen LogP contribution is -2.27. The standard InChI is InChI=1S/C16H18ClN3O2S/c1-20(2)15-11(17)5-3-6-12(15)19-14(21)8-9-18-16(22)13-7-4-10-23-13/h3-7,10H,8-9H2,1-2H3,(H,18,22)(H,19,21). The molecule has 0 aliphatic rings. The molecule has 0 aliphatic carbocycles. The van der Waals surface area contributed by atoms with Crippen LogP contribution in [0.4, 0.5) is 11.4 Å². The number of amides is 2. The molecule has 5 nitrogen and oxygen atoms in total. The zero-order valence-electron chi connectivity index (χ0n) is 12.9. The number of nitrogens with zero attached hydrogens (tertiary/aromatic N) is 1. The number of halogens is 1. The molecule has 2 amide bonds. The minimum absolute atomic E-state index is 0.162. The number of thiophene rings is 1. The fourth-order valence-corrected chi connectivity index (χ4v) is 3.05. The number of carbonyl (C=O) groups excluding carboxylic acids is 2. The van der Waals surface area contributed by atoms with Crippen molar-refractivity contribution in [2.24, 2.45) is 0 Å². The summed E-state index contributed by atoms with van der Waals surface area (Å²) in [6.45, 7) is 0.278. The number of anilines is 2. The summed E-state index contributed by atoms with van der Waals surface area (Å²) < 4.78 is 0. The van der Waals surface area contributed by atoms with Gasteiger partial charge in [0.25, 0.3) is 5.91 Å². The molecule has 0 radical (unpaired) electrons. The topological polar surface area (TPSA) is 61.4 Å². The molecular weight excluding hydrogens is 334 g/mol. The van der Waals surface area contributed by atoms with E-state index >= 15 is 0 Å². The first-order valence-corrected chi connectivity index (χ1v) is 8.32. The summed E-state index contributed by atoms with van der Waals surface area (Å²) >= 11 is 7.53. The van der Waals surface area contributed by atoms with E-state index in [-0.39, 0.29) is 24.8 Å². The second-order valence-electron chi connectivity index (χ2n) is 5.06. The first-order valence-electron chi connectivity index (χ1n) is 7.06. The maximum atomic E-state index is 12.0. The van der Waals surface area contributed by atoms with Gasteiger partial charge in [0, 0.05) is 27.1 Å². The number of carbonyl (C=O) groups is 2. The third-order valence-corrected chi connectivity index (χ3v) is 4.26. The van der Waals surface area contributed by atoms with Crippen LogP contribution >= 0.6 is 22.9 Å². The quantitative estimate of drug-likeness (QED) is 0.840. The Kier molecular flexibility index (Phi) is 6.01. The molecule has 0 fully saturated rings. The van der Waals surface area contributed by atoms with Crippen LogP contribution in [-0.4, -0.2) is 32.5 Å². The van der Waals surface area contributed by atoms with Gasteiger partial charge >= 0.3 is 0 Å². The van der Waals surface area contributed by atoms with Crippen LogP contribution in [0.2, 0.25) is 5.02 Å². The Morgan fingerprint density at radius 3 is 2.65 bits per heavy atom. The van der Waals surface area contributed by atoms with E-state index in [0.717, 1.165) is 5.69 Å². The molecule has 2 rings (SSSR count). The summed E-state index contributed by atoms with van der Waals surface area (Å²) in [5.74, 6) is -0.341. The SMILES string of the molecule is CN(C)c1c(Cl)cccc1NC(=O)CCNC(=O)c1cccs1. The Balaban J connectivity index is 1.88. The van der Waals surface area contributed by atoms with Crippen molar-refractivity contribution >= 4 is 46.1 Å². The predicted molar refractivity (Wildman–Crippen MR) is 95.7 cm³/mol. The van der Waals surface area contributed by atoms with E-state index in [1.807, 2.05) is 30.4 Å². The smallest absolute Gasteiger partial charge is 0.261 e. The molecule has 0 saturated heterocycles. The van der Waals surface area contributed by atoms with Gasteiger partial charge in [0.15, 0.2) is 0 Å². The third kappa shape index (κ3) is 4.71. The Bertz CT molecular complexity index is 687. The van der Waals surface area contributed by atoms with E-state index in [0.29, 0.717) is 15.6 Å². The summed E-state index contributed by atoms with van der Waals surface area (Å²) in [5, 5.41) is 7.96. The zero-order valence-corrected chi connectivity index (χ0v) is 14.5. The van der Waals surface area contributed by atoms with E-state index in [4.69, 9.17) is 11.6 Å². The molecule has 2 aromatic rings. The fourth-order valence-electron chi connectivity index (χ4n) is 2.07. The molecule has 0 aliphatic heterocycles. The molecule has 2 N–H and O–H groups in total. The van der Waals surface area contributed by atoms with Crippen LogP contribution in [0, 0.1) is 0 Å². The Labute approximate surface area is 144 Å². The van der Waals surface area contributed by atoms with Gasteiger partial charge in [-0.3, -0.25) is 9.59 Å². The highest BCUT2D eigenvalue weighted by atomic mass is 35.5. The molecule has 0 spiro atoms. The molecule has 23 heavy (non-hydrogen) atoms. The second kappa shape index (κ2) is 7.99. The highest BCUT2D eigenvalue weighted by Crippen LogP contribution is 2.32. The van der Waals surface area contributed by atoms with Gasteiger partial charge < -0.3 is 15.5 Å². The summed E-state index contributed by atoms with van der Waals surface area (Å²) in [6.07, 6.45) is 0.191. The van der Waals surface area contributed by atoms with Gasteiger partial charge in [-0.15, -0.1) is 11.3 Å². The van der Waals surface area contributed by atoms with Gasteiger partial charge in [0.05, 0.1) is 21.3 Å². The maximum absolute atomic E-state index is 12.0. The molecule has 1 aromatic carbocycles. The van der Waals surface area contributed by atoms with E-state index in [9.17, 15) is 9.59 Å². The van der Waals surface area contributed by atoms with Crippen molar-refractivity contribution in [2.45, 2.75) is 6.42 Å². The summed E-state index contributed by atoms with van der Waals surface area (Å²) in [6, 6.07) is 8.91. The van der Waals surface area contributed by atoms with E-state index in [1.165, 1.54) is 11.3 Å². The van der Waals surface area contributed by atoms with Crippen LogP contribution in [-0.2, 0) is 4.79 Å². The van der Waals surface area contributed by atoms with E-state index in [1.54, 1.807) is 24.3 Å². The minimum atomic E-state index is -0.179. The molecule has 0 unspecified atom stereocenters. The molecule has 1 aromatic heterocycles. The molecule has 7 heteroatoms. The Morgan fingerprint density at radius 1 is 1.22 bits per heavy atom. The van der Waals surface area contributed by atoms with Crippen LogP contribution < -0.4 is 15.5 Å². The average molecular weight is 352 g/mol. The minimum Gasteiger partial charge on any atom is -0.375 e. The van der Waals surface area contributed by atoms with E-state index in [2.05, 4.69) is 10.6 Å². The average Bonchev–Trinajstić information content (AvgIpc) is 3.01. The van der Waals surface area contributed by atoms with Crippen molar-refractivity contribution < 1.29 is 9.59 Å². The normalized spacial score (nSPS) is 10.2. The summed E-state index contributed by atoms with van der Waals surface area (Å²) in [4.78, 5) is 26.3. The number of hydrogen-bond donors (Lipinski definition) is 2. The van der Waals surface area contributed by atoms with Crippen molar-refractivity contribution in [3.05, 3.63) is 45.6 Å². The largest absolute Gasteiger partial charge is 0.375 e.